The van der Waals surface area contributed by atoms with Crippen LogP contribution in [0.15, 0.2) is 29.4 Å². The molecule has 1 N–H and O–H groups in total. The predicted molar refractivity (Wildman–Crippen MR) is 83.0 cm³/mol. The molecule has 2 aliphatic heterocycles. The number of cyclic esters (lactones) is 1. The van der Waals surface area contributed by atoms with Crippen molar-refractivity contribution in [2.45, 2.75) is 18.9 Å². The van der Waals surface area contributed by atoms with Crippen LogP contribution < -0.4 is 5.32 Å². The van der Waals surface area contributed by atoms with E-state index in [0.717, 1.165) is 11.3 Å². The highest BCUT2D eigenvalue weighted by molar-refractivity contribution is 5.87. The number of oxime groups is 1. The average molecular weight is 335 g/mol. The van der Waals surface area contributed by atoms with Crippen LogP contribution in [0.25, 0.3) is 0 Å². The highest BCUT2D eigenvalue weighted by Crippen LogP contribution is 2.14. The molecule has 0 aromatic heterocycles. The zero-order chi connectivity index (χ0) is 16.9. The van der Waals surface area contributed by atoms with Crippen molar-refractivity contribution < 1.29 is 23.6 Å². The largest absolute Gasteiger partial charge is 0.448 e. The lowest BCUT2D eigenvalue weighted by molar-refractivity contribution is -0.122. The Morgan fingerprint density at radius 1 is 1.38 bits per heavy atom. The molecule has 1 aromatic rings. The summed E-state index contributed by atoms with van der Waals surface area (Å²) in [5, 5.41) is 6.74. The van der Waals surface area contributed by atoms with E-state index in [4.69, 9.17) is 9.57 Å². The molecule has 0 spiro atoms. The topological polar surface area (TPSA) is 80.2 Å². The van der Waals surface area contributed by atoms with E-state index in [1.807, 2.05) is 0 Å². The lowest BCUT2D eigenvalue weighted by Gasteiger charge is -2.14. The molecule has 1 atom stereocenters. The fourth-order valence-electron chi connectivity index (χ4n) is 2.56. The quantitative estimate of drug-likeness (QED) is 0.844. The van der Waals surface area contributed by atoms with Crippen LogP contribution in [-0.4, -0.2) is 55.0 Å². The van der Waals surface area contributed by atoms with Crippen LogP contribution in [-0.2, 0) is 20.8 Å². The van der Waals surface area contributed by atoms with Crippen LogP contribution in [0.1, 0.15) is 12.0 Å². The van der Waals surface area contributed by atoms with Crippen LogP contribution in [0.5, 0.6) is 0 Å². The zero-order valence-corrected chi connectivity index (χ0v) is 13.0. The molecule has 2 heterocycles. The number of rotatable bonds is 6. The molecule has 0 bridgehead atoms. The number of nitrogens with zero attached hydrogens (tertiary/aromatic N) is 2. The van der Waals surface area contributed by atoms with Crippen LogP contribution in [0, 0.1) is 5.82 Å². The molecule has 128 valence electrons. The Balaban J connectivity index is 1.38. The Labute approximate surface area is 138 Å². The fraction of sp³-hybridized carbons (Fsp3) is 0.438. The summed E-state index contributed by atoms with van der Waals surface area (Å²) in [6.07, 6.45) is 0.496. The van der Waals surface area contributed by atoms with Gasteiger partial charge < -0.3 is 14.9 Å². The molecule has 0 aliphatic carbocycles. The molecule has 0 saturated carbocycles. The van der Waals surface area contributed by atoms with Gasteiger partial charge in [-0.25, -0.2) is 9.18 Å². The van der Waals surface area contributed by atoms with Crippen LogP contribution in [0.3, 0.4) is 0 Å². The summed E-state index contributed by atoms with van der Waals surface area (Å²) in [5.41, 5.74) is 1.81. The van der Waals surface area contributed by atoms with Crippen molar-refractivity contribution >= 4 is 17.7 Å². The molecule has 0 unspecified atom stereocenters. The number of benzene rings is 1. The maximum atomic E-state index is 12.9. The standard InChI is InChI=1S/C16H18FN3O4/c17-12-3-1-11(2-4-12)7-13-8-14(24-19-13)9-18-15(21)10-20-5-6-23-16(20)22/h1-4,14H,5-10H2,(H,18,21)/t14-/m0/s1. The van der Waals surface area contributed by atoms with E-state index in [-0.39, 0.29) is 24.4 Å². The maximum Gasteiger partial charge on any atom is 0.410 e. The highest BCUT2D eigenvalue weighted by atomic mass is 19.1. The van der Waals surface area contributed by atoms with Crippen molar-refractivity contribution in [3.63, 3.8) is 0 Å². The minimum Gasteiger partial charge on any atom is -0.448 e. The molecule has 24 heavy (non-hydrogen) atoms. The van der Waals surface area contributed by atoms with E-state index in [1.165, 1.54) is 17.0 Å². The van der Waals surface area contributed by atoms with Gasteiger partial charge in [0.25, 0.3) is 0 Å². The van der Waals surface area contributed by atoms with Crippen LogP contribution in [0.2, 0.25) is 0 Å². The first kappa shape index (κ1) is 16.2. The number of carbonyl (C=O) groups excluding carboxylic acids is 2. The Hall–Kier alpha value is -2.64. The second-order valence-corrected chi connectivity index (χ2v) is 5.73. The van der Waals surface area contributed by atoms with E-state index in [2.05, 4.69) is 10.5 Å². The summed E-state index contributed by atoms with van der Waals surface area (Å²) in [5.74, 6) is -0.532. The van der Waals surface area contributed by atoms with Gasteiger partial charge in [0.1, 0.15) is 25.1 Å². The third kappa shape index (κ3) is 4.21. The first-order valence-electron chi connectivity index (χ1n) is 7.74. The Morgan fingerprint density at radius 2 is 2.17 bits per heavy atom. The number of nitrogens with one attached hydrogen (secondary N) is 1. The lowest BCUT2D eigenvalue weighted by atomic mass is 10.0. The molecule has 7 nitrogen and oxygen atoms in total. The minimum absolute atomic E-state index is 0.0190. The number of ether oxygens (including phenoxy) is 1. The van der Waals surface area contributed by atoms with Crippen molar-refractivity contribution in [3.8, 4) is 0 Å². The molecule has 8 heteroatoms. The second-order valence-electron chi connectivity index (χ2n) is 5.73. The van der Waals surface area contributed by atoms with Crippen molar-refractivity contribution in [1.82, 2.24) is 10.2 Å². The minimum atomic E-state index is -0.466. The number of halogens is 1. The first-order chi connectivity index (χ1) is 11.6. The summed E-state index contributed by atoms with van der Waals surface area (Å²) >= 11 is 0. The Kier molecular flexibility index (Phi) is 4.93. The van der Waals surface area contributed by atoms with E-state index in [9.17, 15) is 14.0 Å². The summed E-state index contributed by atoms with van der Waals surface area (Å²) in [4.78, 5) is 29.7. The Morgan fingerprint density at radius 3 is 2.88 bits per heavy atom. The highest BCUT2D eigenvalue weighted by Gasteiger charge is 2.25. The number of hydrogen-bond donors (Lipinski definition) is 1. The van der Waals surface area contributed by atoms with Gasteiger partial charge in [-0.3, -0.25) is 9.69 Å². The van der Waals surface area contributed by atoms with Crippen molar-refractivity contribution in [2.24, 2.45) is 5.16 Å². The zero-order valence-electron chi connectivity index (χ0n) is 13.0. The van der Waals surface area contributed by atoms with E-state index < -0.39 is 6.09 Å². The van der Waals surface area contributed by atoms with Crippen molar-refractivity contribution in [3.05, 3.63) is 35.6 Å². The molecular formula is C16H18FN3O4. The van der Waals surface area contributed by atoms with Crippen molar-refractivity contribution in [2.75, 3.05) is 26.2 Å². The van der Waals surface area contributed by atoms with Gasteiger partial charge in [-0.1, -0.05) is 17.3 Å². The average Bonchev–Trinajstić information content (AvgIpc) is 3.17. The molecule has 1 aromatic carbocycles. The van der Waals surface area contributed by atoms with Gasteiger partial charge in [0.15, 0.2) is 0 Å². The summed E-state index contributed by atoms with van der Waals surface area (Å²) in [6.45, 7) is 1.04. The summed E-state index contributed by atoms with van der Waals surface area (Å²) in [6, 6.07) is 6.24. The monoisotopic (exact) mass is 335 g/mol. The number of carbonyl (C=O) groups is 2. The van der Waals surface area contributed by atoms with E-state index in [1.54, 1.807) is 12.1 Å². The van der Waals surface area contributed by atoms with Crippen LogP contribution in [0.4, 0.5) is 9.18 Å². The third-order valence-corrected chi connectivity index (χ3v) is 3.82. The first-order valence-corrected chi connectivity index (χ1v) is 7.74. The Bertz CT molecular complexity index is 647. The van der Waals surface area contributed by atoms with Gasteiger partial charge >= 0.3 is 6.09 Å². The van der Waals surface area contributed by atoms with Gasteiger partial charge in [-0.2, -0.15) is 0 Å². The molecule has 0 radical (unpaired) electrons. The van der Waals surface area contributed by atoms with Crippen LogP contribution >= 0.6 is 0 Å². The number of amides is 2. The number of hydrogen-bond acceptors (Lipinski definition) is 5. The van der Waals surface area contributed by atoms with Gasteiger partial charge in [-0.05, 0) is 17.7 Å². The van der Waals surface area contributed by atoms with Gasteiger partial charge in [0, 0.05) is 12.8 Å². The normalized spacial score (nSPS) is 19.7. The third-order valence-electron chi connectivity index (χ3n) is 3.82. The SMILES string of the molecule is O=C(CN1CCOC1=O)NC[C@@H]1CC(Cc2ccc(F)cc2)=NO1. The molecule has 1 saturated heterocycles. The van der Waals surface area contributed by atoms with Gasteiger partial charge in [-0.15, -0.1) is 0 Å². The molecule has 3 rings (SSSR count). The summed E-state index contributed by atoms with van der Waals surface area (Å²) < 4.78 is 17.6. The van der Waals surface area contributed by atoms with Gasteiger partial charge in [0.2, 0.25) is 5.91 Å². The molecule has 2 amide bonds. The maximum absolute atomic E-state index is 12.9. The smallest absolute Gasteiger partial charge is 0.410 e. The molecular weight excluding hydrogens is 317 g/mol. The van der Waals surface area contributed by atoms with Gasteiger partial charge in [0.05, 0.1) is 18.8 Å². The van der Waals surface area contributed by atoms with Crippen molar-refractivity contribution in [1.29, 1.82) is 0 Å². The molecule has 2 aliphatic rings. The predicted octanol–water partition coefficient (Wildman–Crippen LogP) is 1.08. The lowest BCUT2D eigenvalue weighted by Crippen LogP contribution is -2.40. The molecule has 1 fully saturated rings. The van der Waals surface area contributed by atoms with E-state index >= 15 is 0 Å². The fourth-order valence-corrected chi connectivity index (χ4v) is 2.56. The summed E-state index contributed by atoms with van der Waals surface area (Å²) in [7, 11) is 0. The van der Waals surface area contributed by atoms with E-state index in [0.29, 0.717) is 32.5 Å². The second kappa shape index (κ2) is 7.29.